The summed E-state index contributed by atoms with van der Waals surface area (Å²) < 4.78 is 18.9. The van der Waals surface area contributed by atoms with E-state index in [1.165, 1.54) is 12.8 Å². The van der Waals surface area contributed by atoms with Crippen LogP contribution in [0, 0.1) is 50.7 Å². The molecule has 41 heavy (non-hydrogen) atoms. The van der Waals surface area contributed by atoms with Gasteiger partial charge in [0.2, 0.25) is 0 Å². The summed E-state index contributed by atoms with van der Waals surface area (Å²) in [6, 6.07) is 0. The summed E-state index contributed by atoms with van der Waals surface area (Å²) in [6.07, 6.45) is 6.94. The van der Waals surface area contributed by atoms with Gasteiger partial charge in [-0.3, -0.25) is 0 Å². The first-order valence-electron chi connectivity index (χ1n) is 16.6. The zero-order valence-electron chi connectivity index (χ0n) is 27.1. The third kappa shape index (κ3) is 3.73. The lowest BCUT2D eigenvalue weighted by atomic mass is 9.41. The van der Waals surface area contributed by atoms with Gasteiger partial charge in [0.1, 0.15) is 12.2 Å². The molecule has 0 aromatic carbocycles. The SMILES string of the molecule is CCO[C@@H]([C@H]1C[C@@H](C)[C@H]2[C@H](O1)[C@H](O)[C@@]1(C)[C@@H]3CC[C@H]4C(C)(C)[C@@H](OC(=O)NC)CC[C@@]45C[C@@]35CC[C@]21C)C(C)(C)O. The number of fused-ring (bicyclic) bond motifs is 4. The summed E-state index contributed by atoms with van der Waals surface area (Å²) in [5.74, 6) is 1.66. The summed E-state index contributed by atoms with van der Waals surface area (Å²) in [7, 11) is 1.64. The van der Waals surface area contributed by atoms with Gasteiger partial charge in [0.15, 0.2) is 0 Å². The normalized spacial score (nSPS) is 52.2. The van der Waals surface area contributed by atoms with Crippen LogP contribution in [0.2, 0.25) is 0 Å². The second-order valence-corrected chi connectivity index (χ2v) is 16.7. The van der Waals surface area contributed by atoms with Crippen LogP contribution in [-0.4, -0.2) is 66.1 Å². The molecule has 3 N–H and O–H groups in total. The smallest absolute Gasteiger partial charge is 0.407 e. The van der Waals surface area contributed by atoms with Crippen molar-refractivity contribution in [2.24, 2.45) is 50.7 Å². The lowest BCUT2D eigenvalue weighted by Gasteiger charge is -2.63. The van der Waals surface area contributed by atoms with E-state index in [2.05, 4.69) is 39.9 Å². The maximum absolute atomic E-state index is 12.4. The maximum atomic E-state index is 12.4. The van der Waals surface area contributed by atoms with Crippen molar-refractivity contribution in [3.05, 3.63) is 0 Å². The van der Waals surface area contributed by atoms with Crippen LogP contribution < -0.4 is 5.32 Å². The van der Waals surface area contributed by atoms with Crippen LogP contribution >= 0.6 is 0 Å². The first-order valence-corrected chi connectivity index (χ1v) is 16.6. The molecule has 0 aromatic heterocycles. The van der Waals surface area contributed by atoms with E-state index >= 15 is 0 Å². The molecular formula is C34H57NO6. The first-order chi connectivity index (χ1) is 19.0. The predicted octanol–water partition coefficient (Wildman–Crippen LogP) is 5.70. The number of hydrogen-bond donors (Lipinski definition) is 3. The highest BCUT2D eigenvalue weighted by atomic mass is 16.6. The highest BCUT2D eigenvalue weighted by molar-refractivity contribution is 5.67. The van der Waals surface area contributed by atoms with Crippen LogP contribution in [0.25, 0.3) is 0 Å². The lowest BCUT2D eigenvalue weighted by Crippen LogP contribution is -2.60. The quantitative estimate of drug-likeness (QED) is 0.389. The number of ether oxygens (including phenoxy) is 3. The Balaban J connectivity index is 1.31. The Kier molecular flexibility index (Phi) is 6.85. The number of hydrogen-bond acceptors (Lipinski definition) is 6. The van der Waals surface area contributed by atoms with Gasteiger partial charge in [0, 0.05) is 24.5 Å². The molecule has 1 aliphatic heterocycles. The van der Waals surface area contributed by atoms with Crippen molar-refractivity contribution in [2.45, 2.75) is 143 Å². The molecule has 1 saturated heterocycles. The fraction of sp³-hybridized carbons (Fsp3) is 0.971. The Morgan fingerprint density at radius 2 is 1.73 bits per heavy atom. The monoisotopic (exact) mass is 575 g/mol. The highest BCUT2D eigenvalue weighted by Gasteiger charge is 2.84. The van der Waals surface area contributed by atoms with E-state index in [4.69, 9.17) is 14.2 Å². The Labute approximate surface area is 247 Å². The van der Waals surface area contributed by atoms with Crippen molar-refractivity contribution < 1.29 is 29.2 Å². The number of amides is 1. The maximum Gasteiger partial charge on any atom is 0.407 e. The van der Waals surface area contributed by atoms with Crippen molar-refractivity contribution >= 4 is 6.09 Å². The minimum Gasteiger partial charge on any atom is -0.446 e. The number of rotatable bonds is 5. The standard InChI is InChI=1S/C34H57NO6/c1-10-39-27(30(5,6)38)20-17-19(2)24-25(40-20)26(36)32(8)22-12-11-21-29(3,4)23(41-28(37)35-9)13-14-33(21)18-34(22,33)16-15-31(24,32)7/h19-27,36,38H,10-18H2,1-9H3,(H,35,37)/t19-,20-,21+,22+,23+,24+,25+,26+,27+,31-,32-,33-,34+/m1/s1. The van der Waals surface area contributed by atoms with E-state index in [0.29, 0.717) is 30.3 Å². The lowest BCUT2D eigenvalue weighted by molar-refractivity contribution is -0.215. The molecule has 5 saturated carbocycles. The van der Waals surface area contributed by atoms with Crippen LogP contribution in [0.1, 0.15) is 107 Å². The molecule has 6 rings (SSSR count). The highest BCUT2D eigenvalue weighted by Crippen LogP contribution is 2.89. The predicted molar refractivity (Wildman–Crippen MR) is 157 cm³/mol. The molecule has 5 aliphatic carbocycles. The molecule has 0 aromatic rings. The third-order valence-corrected chi connectivity index (χ3v) is 14.6. The third-order valence-electron chi connectivity index (χ3n) is 14.6. The molecule has 0 bridgehead atoms. The van der Waals surface area contributed by atoms with E-state index in [9.17, 15) is 15.0 Å². The van der Waals surface area contributed by atoms with Crippen molar-refractivity contribution in [3.63, 3.8) is 0 Å². The molecule has 6 aliphatic rings. The second-order valence-electron chi connectivity index (χ2n) is 16.7. The summed E-state index contributed by atoms with van der Waals surface area (Å²) in [6.45, 7) is 18.0. The number of aliphatic hydroxyl groups is 2. The minimum absolute atomic E-state index is 0.00110. The number of alkyl carbamates (subject to hydrolysis) is 1. The zero-order chi connectivity index (χ0) is 30.0. The molecule has 13 atom stereocenters. The Bertz CT molecular complexity index is 1060. The summed E-state index contributed by atoms with van der Waals surface area (Å²) in [5.41, 5.74) is -0.771. The number of carbonyl (C=O) groups is 1. The second kappa shape index (κ2) is 9.31. The average molecular weight is 576 g/mol. The van der Waals surface area contributed by atoms with Gasteiger partial charge in [-0.1, -0.05) is 34.6 Å². The molecule has 0 unspecified atom stereocenters. The summed E-state index contributed by atoms with van der Waals surface area (Å²) in [5, 5.41) is 26.1. The van der Waals surface area contributed by atoms with Gasteiger partial charge in [-0.2, -0.15) is 0 Å². The van der Waals surface area contributed by atoms with Crippen LogP contribution in [0.5, 0.6) is 0 Å². The Morgan fingerprint density at radius 3 is 2.37 bits per heavy atom. The van der Waals surface area contributed by atoms with Gasteiger partial charge in [-0.15, -0.1) is 0 Å². The molecule has 0 radical (unpaired) electrons. The molecule has 1 heterocycles. The van der Waals surface area contributed by atoms with Gasteiger partial charge in [0.05, 0.1) is 23.9 Å². The van der Waals surface area contributed by atoms with E-state index < -0.39 is 17.8 Å². The Morgan fingerprint density at radius 1 is 1.07 bits per heavy atom. The molecule has 7 heteroatoms. The zero-order valence-corrected chi connectivity index (χ0v) is 27.1. The van der Waals surface area contributed by atoms with Crippen LogP contribution in [-0.2, 0) is 14.2 Å². The van der Waals surface area contributed by atoms with E-state index in [1.54, 1.807) is 7.05 Å². The number of carbonyl (C=O) groups excluding carboxylic acids is 1. The molecule has 1 amide bonds. The van der Waals surface area contributed by atoms with E-state index in [-0.39, 0.29) is 51.5 Å². The molecule has 234 valence electrons. The largest absolute Gasteiger partial charge is 0.446 e. The van der Waals surface area contributed by atoms with Crippen LogP contribution in [0.3, 0.4) is 0 Å². The summed E-state index contributed by atoms with van der Waals surface area (Å²) in [4.78, 5) is 12.2. The van der Waals surface area contributed by atoms with Gasteiger partial charge in [-0.25, -0.2) is 4.79 Å². The molecule has 7 nitrogen and oxygen atoms in total. The average Bonchev–Trinajstić information content (AvgIpc) is 3.52. The van der Waals surface area contributed by atoms with Gasteiger partial charge in [-0.05, 0) is 112 Å². The number of aliphatic hydroxyl groups excluding tert-OH is 1. The molecule has 6 fully saturated rings. The van der Waals surface area contributed by atoms with Crippen molar-refractivity contribution in [3.8, 4) is 0 Å². The van der Waals surface area contributed by atoms with Crippen molar-refractivity contribution in [1.29, 1.82) is 0 Å². The van der Waals surface area contributed by atoms with Gasteiger partial charge in [0.25, 0.3) is 0 Å². The number of nitrogens with one attached hydrogen (secondary N) is 1. The van der Waals surface area contributed by atoms with Crippen molar-refractivity contribution in [1.82, 2.24) is 5.32 Å². The van der Waals surface area contributed by atoms with Crippen LogP contribution in [0.15, 0.2) is 0 Å². The van der Waals surface area contributed by atoms with E-state index in [0.717, 1.165) is 38.5 Å². The fourth-order valence-electron chi connectivity index (χ4n) is 12.9. The van der Waals surface area contributed by atoms with E-state index in [1.807, 2.05) is 20.8 Å². The topological polar surface area (TPSA) is 97.3 Å². The first kappa shape index (κ1) is 30.1. The fourth-order valence-corrected chi connectivity index (χ4v) is 12.9. The minimum atomic E-state index is -1.02. The molecular weight excluding hydrogens is 518 g/mol. The summed E-state index contributed by atoms with van der Waals surface area (Å²) >= 11 is 0. The van der Waals surface area contributed by atoms with Crippen molar-refractivity contribution in [2.75, 3.05) is 13.7 Å². The Hall–Kier alpha value is -0.890. The molecule has 2 spiro atoms. The van der Waals surface area contributed by atoms with Crippen LogP contribution in [0.4, 0.5) is 4.79 Å². The van der Waals surface area contributed by atoms with Gasteiger partial charge < -0.3 is 29.7 Å². The van der Waals surface area contributed by atoms with Gasteiger partial charge >= 0.3 is 6.09 Å².